The number of rotatable bonds is 0. The first kappa shape index (κ1) is 29.7. The normalized spacial score (nSPS) is 14.9. The van der Waals surface area contributed by atoms with Crippen LogP contribution in [0.2, 0.25) is 11.5 Å². The van der Waals surface area contributed by atoms with Crippen molar-refractivity contribution in [2.45, 2.75) is 65.9 Å². The van der Waals surface area contributed by atoms with Gasteiger partial charge in [-0.1, -0.05) is 52.4 Å². The maximum absolute atomic E-state index is 3.16. The second-order valence-electron chi connectivity index (χ2n) is 7.92. The summed E-state index contributed by atoms with van der Waals surface area (Å²) in [6.45, 7) is 13.3. The molecule has 4 heteroatoms. The largest absolute Gasteiger partial charge is 1.00 e. The van der Waals surface area contributed by atoms with Crippen LogP contribution >= 0.6 is 0 Å². The van der Waals surface area contributed by atoms with Crippen LogP contribution in [0.4, 0.5) is 0 Å². The Morgan fingerprint density at radius 2 is 1.04 bits per heavy atom. The standard InChI is InChI=1S/2C9H13.C2H6Ge.2ClH.Zr/c2*1-9(2,3)8-6-4-5-7-8;1-3-2;;;/h2*6-7H,4H2,1-3H3;1-2H3;2*1H;/q2*-1;;;;+2/p-2. The fourth-order valence-electron chi connectivity index (χ4n) is 1.84. The van der Waals surface area contributed by atoms with Gasteiger partial charge in [-0.15, -0.1) is 12.8 Å². The summed E-state index contributed by atoms with van der Waals surface area (Å²) in [5.74, 6) is 4.75. The zero-order valence-corrected chi connectivity index (χ0v) is 22.5. The number of halogens is 2. The first-order chi connectivity index (χ1) is 9.94. The molecule has 24 heavy (non-hydrogen) atoms. The van der Waals surface area contributed by atoms with Gasteiger partial charge in [0.1, 0.15) is 0 Å². The van der Waals surface area contributed by atoms with Crippen LogP contribution in [0.25, 0.3) is 0 Å². The predicted octanol–water partition coefficient (Wildman–Crippen LogP) is 0.236. The SMILES string of the molecule is CC(C)(C)C1=CC[C-]=C1.CC(C)(C)C1=CC[C-]=C1.[CH3][Ge]([CH3])=[Zr+2].[Cl-].[Cl-]. The summed E-state index contributed by atoms with van der Waals surface area (Å²) in [6, 6.07) is 0. The predicted molar refractivity (Wildman–Crippen MR) is 97.4 cm³/mol. The van der Waals surface area contributed by atoms with Gasteiger partial charge in [-0.05, 0) is 0 Å². The molecule has 0 aromatic heterocycles. The van der Waals surface area contributed by atoms with Gasteiger partial charge in [0, 0.05) is 0 Å². The van der Waals surface area contributed by atoms with E-state index in [0.717, 1.165) is 12.8 Å². The van der Waals surface area contributed by atoms with Gasteiger partial charge in [0.2, 0.25) is 0 Å². The van der Waals surface area contributed by atoms with E-state index in [1.165, 1.54) is 11.1 Å². The fraction of sp³-hybridized carbons (Fsp3) is 0.600. The molecule has 0 N–H and O–H groups in total. The van der Waals surface area contributed by atoms with Crippen molar-refractivity contribution in [1.29, 1.82) is 0 Å². The third-order valence-electron chi connectivity index (χ3n) is 3.13. The number of hydrogen-bond donors (Lipinski definition) is 0. The van der Waals surface area contributed by atoms with Gasteiger partial charge in [0.25, 0.3) is 0 Å². The van der Waals surface area contributed by atoms with Crippen LogP contribution in [0.3, 0.4) is 0 Å². The van der Waals surface area contributed by atoms with Crippen molar-refractivity contribution < 1.29 is 46.4 Å². The molecule has 0 saturated carbocycles. The molecule has 0 saturated heterocycles. The molecule has 0 aromatic carbocycles. The van der Waals surface area contributed by atoms with Crippen molar-refractivity contribution in [3.05, 3.63) is 47.6 Å². The Labute approximate surface area is 179 Å². The zero-order valence-electron chi connectivity index (χ0n) is 16.5. The van der Waals surface area contributed by atoms with Gasteiger partial charge in [-0.3, -0.25) is 12.2 Å². The Morgan fingerprint density at radius 1 is 0.792 bits per heavy atom. The van der Waals surface area contributed by atoms with Gasteiger partial charge < -0.3 is 24.8 Å². The maximum Gasteiger partial charge on any atom is -1.00 e. The molecule has 0 heterocycles. The number of allylic oxidation sites excluding steroid dienone is 8. The molecule has 0 radical (unpaired) electrons. The average Bonchev–Trinajstić information content (AvgIpc) is 3.02. The topological polar surface area (TPSA) is 0 Å². The van der Waals surface area contributed by atoms with Crippen LogP contribution < -0.4 is 24.8 Å². The summed E-state index contributed by atoms with van der Waals surface area (Å²) in [5, 5.41) is 0. The van der Waals surface area contributed by atoms with Crippen molar-refractivity contribution in [3.8, 4) is 0 Å². The van der Waals surface area contributed by atoms with Crippen LogP contribution in [0.1, 0.15) is 54.4 Å². The van der Waals surface area contributed by atoms with E-state index in [-0.39, 0.29) is 34.8 Å². The molecule has 0 fully saturated rings. The monoisotopic (exact) mass is 506 g/mol. The van der Waals surface area contributed by atoms with E-state index in [4.69, 9.17) is 0 Å². The molecule has 2 rings (SSSR count). The molecule has 0 nitrogen and oxygen atoms in total. The van der Waals surface area contributed by atoms with E-state index in [1.54, 1.807) is 21.6 Å². The van der Waals surface area contributed by atoms with Gasteiger partial charge >= 0.3 is 43.1 Å². The van der Waals surface area contributed by atoms with Crippen molar-refractivity contribution >= 4 is 9.98 Å². The molecule has 0 spiro atoms. The quantitative estimate of drug-likeness (QED) is 0.326. The van der Waals surface area contributed by atoms with Gasteiger partial charge in [-0.25, -0.2) is 12.2 Å². The molecule has 0 amide bonds. The van der Waals surface area contributed by atoms with Crippen molar-refractivity contribution in [2.75, 3.05) is 0 Å². The second kappa shape index (κ2) is 14.1. The minimum atomic E-state index is -0.243. The van der Waals surface area contributed by atoms with E-state index < -0.39 is 0 Å². The first-order valence-corrected chi connectivity index (χ1v) is 19.6. The molecule has 0 aromatic rings. The first-order valence-electron chi connectivity index (χ1n) is 8.01. The molecular formula is C20H32Cl2GeZr-2. The minimum absolute atomic E-state index is 0. The molecule has 0 aliphatic heterocycles. The van der Waals surface area contributed by atoms with E-state index in [0.29, 0.717) is 10.8 Å². The Bertz CT molecular complexity index is 443. The van der Waals surface area contributed by atoms with Crippen LogP contribution in [0.5, 0.6) is 0 Å². The van der Waals surface area contributed by atoms with Crippen LogP contribution in [-0.4, -0.2) is 9.98 Å². The van der Waals surface area contributed by atoms with Gasteiger partial charge in [0.05, 0.1) is 0 Å². The third-order valence-corrected chi connectivity index (χ3v) is 3.13. The minimum Gasteiger partial charge on any atom is -1.00 e. The van der Waals surface area contributed by atoms with E-state index in [2.05, 4.69) is 89.5 Å². The summed E-state index contributed by atoms with van der Waals surface area (Å²) < 4.78 is 0. The van der Waals surface area contributed by atoms with E-state index in [1.807, 2.05) is 0 Å². The Kier molecular flexibility index (Phi) is 17.4. The average molecular weight is 507 g/mol. The molecular weight excluding hydrogens is 475 g/mol. The molecule has 136 valence electrons. The van der Waals surface area contributed by atoms with Gasteiger partial charge in [0.15, 0.2) is 0 Å². The summed E-state index contributed by atoms with van der Waals surface area (Å²) in [5.41, 5.74) is 3.48. The molecule has 2 aliphatic rings. The van der Waals surface area contributed by atoms with Crippen LogP contribution in [-0.2, 0) is 21.6 Å². The molecule has 2 aliphatic carbocycles. The van der Waals surface area contributed by atoms with Crippen LogP contribution in [0.15, 0.2) is 35.5 Å². The summed E-state index contributed by atoms with van der Waals surface area (Å²) in [7, 11) is -0.243. The summed E-state index contributed by atoms with van der Waals surface area (Å²) in [6.07, 6.45) is 17.0. The molecule has 0 unspecified atom stereocenters. The smallest absolute Gasteiger partial charge is 1.00 e. The third kappa shape index (κ3) is 15.2. The van der Waals surface area contributed by atoms with Crippen molar-refractivity contribution in [1.82, 2.24) is 0 Å². The second-order valence-corrected chi connectivity index (χ2v) is 24.9. The van der Waals surface area contributed by atoms with E-state index >= 15 is 0 Å². The number of hydrogen-bond acceptors (Lipinski definition) is 0. The van der Waals surface area contributed by atoms with Crippen molar-refractivity contribution in [3.63, 3.8) is 0 Å². The summed E-state index contributed by atoms with van der Waals surface area (Å²) >= 11 is 1.80. The van der Waals surface area contributed by atoms with Crippen LogP contribution in [0, 0.1) is 23.0 Å². The fourth-order valence-corrected chi connectivity index (χ4v) is 1.84. The molecule has 0 atom stereocenters. The Balaban J connectivity index is -0.000000283. The Morgan fingerprint density at radius 3 is 1.12 bits per heavy atom. The van der Waals surface area contributed by atoms with E-state index in [9.17, 15) is 0 Å². The zero-order chi connectivity index (χ0) is 17.4. The van der Waals surface area contributed by atoms with Gasteiger partial charge in [-0.2, -0.15) is 23.3 Å². The Hall–Kier alpha value is 0.966. The van der Waals surface area contributed by atoms with Crippen molar-refractivity contribution in [2.24, 2.45) is 10.8 Å². The maximum atomic E-state index is 3.16. The summed E-state index contributed by atoms with van der Waals surface area (Å²) in [4.78, 5) is 0. The molecule has 0 bridgehead atoms.